The average Bonchev–Trinajstić information content (AvgIpc) is 2.87. The third-order valence-corrected chi connectivity index (χ3v) is 4.41. The van der Waals surface area contributed by atoms with Gasteiger partial charge < -0.3 is 4.90 Å². The van der Waals surface area contributed by atoms with Gasteiger partial charge in [0.2, 0.25) is 5.91 Å². The van der Waals surface area contributed by atoms with E-state index in [9.17, 15) is 4.79 Å². The van der Waals surface area contributed by atoms with Gasteiger partial charge in [0, 0.05) is 13.0 Å². The van der Waals surface area contributed by atoms with Crippen LogP contribution in [0.4, 0.5) is 0 Å². The highest BCUT2D eigenvalue weighted by Gasteiger charge is 2.28. The minimum atomic E-state index is 0.263. The van der Waals surface area contributed by atoms with Gasteiger partial charge in [-0.2, -0.15) is 0 Å². The maximum Gasteiger partial charge on any atom is 0.223 e. The molecular weight excluding hydrogens is 270 g/mol. The van der Waals surface area contributed by atoms with Crippen molar-refractivity contribution in [2.75, 3.05) is 6.54 Å². The van der Waals surface area contributed by atoms with E-state index < -0.39 is 0 Å². The summed E-state index contributed by atoms with van der Waals surface area (Å²) in [6.45, 7) is 7.21. The Balaban J connectivity index is 1.94. The van der Waals surface area contributed by atoms with Gasteiger partial charge in [0.25, 0.3) is 0 Å². The molecule has 2 heteroatoms. The van der Waals surface area contributed by atoms with Crippen LogP contribution >= 0.6 is 0 Å². The molecule has 0 aromatic heterocycles. The number of amides is 1. The van der Waals surface area contributed by atoms with Gasteiger partial charge in [0.15, 0.2) is 0 Å². The summed E-state index contributed by atoms with van der Waals surface area (Å²) in [7, 11) is 0. The summed E-state index contributed by atoms with van der Waals surface area (Å²) in [6.07, 6.45) is 10.1. The fourth-order valence-electron chi connectivity index (χ4n) is 2.72. The summed E-state index contributed by atoms with van der Waals surface area (Å²) in [5, 5.41) is 0. The standard InChI is InChI=1S/C20H27NO/c1-4-16(2)6-5-7-19-12-13-20(22)21(19)15-14-18-10-8-17(3)9-11-18/h5-11,19H,4,12-15H2,1-3H3/b7-5-,16-6+/t19-/m0/s1. The Labute approximate surface area is 134 Å². The molecule has 1 heterocycles. The zero-order valence-electron chi connectivity index (χ0n) is 14.0. The molecule has 0 N–H and O–H groups in total. The molecule has 1 saturated heterocycles. The molecule has 1 aliphatic heterocycles. The summed E-state index contributed by atoms with van der Waals surface area (Å²) in [5.41, 5.74) is 3.95. The number of hydrogen-bond donors (Lipinski definition) is 0. The van der Waals surface area contributed by atoms with Gasteiger partial charge in [-0.1, -0.05) is 60.6 Å². The molecule has 0 spiro atoms. The van der Waals surface area contributed by atoms with Crippen molar-refractivity contribution in [1.82, 2.24) is 4.90 Å². The van der Waals surface area contributed by atoms with Crippen molar-refractivity contribution in [3.63, 3.8) is 0 Å². The Kier molecular flexibility index (Phi) is 6.00. The number of aryl methyl sites for hydroxylation is 1. The molecule has 1 fully saturated rings. The molecular formula is C20H27NO. The molecule has 2 nitrogen and oxygen atoms in total. The Morgan fingerprint density at radius 1 is 1.32 bits per heavy atom. The second kappa shape index (κ2) is 7.98. The number of nitrogens with zero attached hydrogens (tertiary/aromatic N) is 1. The Morgan fingerprint density at radius 2 is 2.05 bits per heavy atom. The zero-order valence-corrected chi connectivity index (χ0v) is 14.0. The second-order valence-electron chi connectivity index (χ2n) is 6.18. The lowest BCUT2D eigenvalue weighted by Gasteiger charge is -2.22. The molecule has 1 aromatic rings. The molecule has 0 bridgehead atoms. The van der Waals surface area contributed by atoms with Gasteiger partial charge in [-0.05, 0) is 38.7 Å². The van der Waals surface area contributed by atoms with Crippen molar-refractivity contribution in [2.45, 2.75) is 52.5 Å². The SMILES string of the molecule is CC/C(C)=C/C=C\[C@H]1CCC(=O)N1CCc1ccc(C)cc1. The lowest BCUT2D eigenvalue weighted by atomic mass is 10.1. The van der Waals surface area contributed by atoms with Crippen LogP contribution in [0.5, 0.6) is 0 Å². The van der Waals surface area contributed by atoms with E-state index in [0.29, 0.717) is 6.42 Å². The second-order valence-corrected chi connectivity index (χ2v) is 6.18. The van der Waals surface area contributed by atoms with Crippen molar-refractivity contribution in [3.05, 3.63) is 59.2 Å². The van der Waals surface area contributed by atoms with Gasteiger partial charge >= 0.3 is 0 Å². The van der Waals surface area contributed by atoms with Gasteiger partial charge in [0.05, 0.1) is 6.04 Å². The van der Waals surface area contributed by atoms with E-state index in [0.717, 1.165) is 25.8 Å². The monoisotopic (exact) mass is 297 g/mol. The summed E-state index contributed by atoms with van der Waals surface area (Å²) in [4.78, 5) is 14.1. The topological polar surface area (TPSA) is 20.3 Å². The largest absolute Gasteiger partial charge is 0.336 e. The normalized spacial score (nSPS) is 19.4. The van der Waals surface area contributed by atoms with Gasteiger partial charge in [-0.3, -0.25) is 4.79 Å². The number of hydrogen-bond acceptors (Lipinski definition) is 1. The first-order valence-electron chi connectivity index (χ1n) is 8.29. The Morgan fingerprint density at radius 3 is 2.73 bits per heavy atom. The maximum atomic E-state index is 12.1. The Hall–Kier alpha value is -1.83. The van der Waals surface area contributed by atoms with Crippen LogP contribution in [0.15, 0.2) is 48.1 Å². The first kappa shape index (κ1) is 16.5. The fraction of sp³-hybridized carbons (Fsp3) is 0.450. The number of rotatable bonds is 6. The first-order chi connectivity index (χ1) is 10.6. The van der Waals surface area contributed by atoms with E-state index in [1.807, 2.05) is 4.90 Å². The number of likely N-dealkylation sites (tertiary alicyclic amines) is 1. The molecule has 0 radical (unpaired) electrons. The third kappa shape index (κ3) is 4.59. The average molecular weight is 297 g/mol. The molecule has 1 atom stereocenters. The van der Waals surface area contributed by atoms with E-state index in [1.54, 1.807) is 0 Å². The molecule has 1 amide bonds. The molecule has 1 aromatic carbocycles. The lowest BCUT2D eigenvalue weighted by Crippen LogP contribution is -2.33. The lowest BCUT2D eigenvalue weighted by molar-refractivity contribution is -0.128. The summed E-state index contributed by atoms with van der Waals surface area (Å²) < 4.78 is 0. The molecule has 0 saturated carbocycles. The molecule has 1 aliphatic rings. The van der Waals surface area contributed by atoms with Crippen LogP contribution in [0.25, 0.3) is 0 Å². The summed E-state index contributed by atoms with van der Waals surface area (Å²) >= 11 is 0. The van der Waals surface area contributed by atoms with E-state index in [4.69, 9.17) is 0 Å². The van der Waals surface area contributed by atoms with Crippen LogP contribution in [0.3, 0.4) is 0 Å². The van der Waals surface area contributed by atoms with Crippen LogP contribution in [0.2, 0.25) is 0 Å². The number of carbonyl (C=O) groups excluding carboxylic acids is 1. The smallest absolute Gasteiger partial charge is 0.223 e. The van der Waals surface area contributed by atoms with Gasteiger partial charge in [0.1, 0.15) is 0 Å². The summed E-state index contributed by atoms with van der Waals surface area (Å²) in [5.74, 6) is 0.290. The van der Waals surface area contributed by atoms with Crippen molar-refractivity contribution in [3.8, 4) is 0 Å². The van der Waals surface area contributed by atoms with E-state index in [1.165, 1.54) is 16.7 Å². The number of carbonyl (C=O) groups is 1. The first-order valence-corrected chi connectivity index (χ1v) is 8.29. The highest BCUT2D eigenvalue weighted by Crippen LogP contribution is 2.20. The number of allylic oxidation sites excluding steroid dienone is 3. The molecule has 0 unspecified atom stereocenters. The van der Waals surface area contributed by atoms with Crippen LogP contribution in [0.1, 0.15) is 44.2 Å². The van der Waals surface area contributed by atoms with Crippen molar-refractivity contribution in [1.29, 1.82) is 0 Å². The number of benzene rings is 1. The van der Waals surface area contributed by atoms with Crippen LogP contribution in [-0.2, 0) is 11.2 Å². The molecule has 0 aliphatic carbocycles. The zero-order chi connectivity index (χ0) is 15.9. The van der Waals surface area contributed by atoms with Crippen LogP contribution < -0.4 is 0 Å². The van der Waals surface area contributed by atoms with E-state index in [-0.39, 0.29) is 11.9 Å². The minimum absolute atomic E-state index is 0.263. The third-order valence-electron chi connectivity index (χ3n) is 4.41. The highest BCUT2D eigenvalue weighted by atomic mass is 16.2. The summed E-state index contributed by atoms with van der Waals surface area (Å²) in [6, 6.07) is 8.86. The fourth-order valence-corrected chi connectivity index (χ4v) is 2.72. The minimum Gasteiger partial charge on any atom is -0.336 e. The molecule has 118 valence electrons. The van der Waals surface area contributed by atoms with Crippen molar-refractivity contribution < 1.29 is 4.79 Å². The highest BCUT2D eigenvalue weighted by molar-refractivity contribution is 5.79. The molecule has 2 rings (SSSR count). The van der Waals surface area contributed by atoms with Crippen LogP contribution in [0, 0.1) is 6.92 Å². The quantitative estimate of drug-likeness (QED) is 0.711. The van der Waals surface area contributed by atoms with E-state index in [2.05, 4.69) is 63.3 Å². The van der Waals surface area contributed by atoms with Gasteiger partial charge in [-0.15, -0.1) is 0 Å². The predicted molar refractivity (Wildman–Crippen MR) is 92.8 cm³/mol. The van der Waals surface area contributed by atoms with Crippen molar-refractivity contribution >= 4 is 5.91 Å². The van der Waals surface area contributed by atoms with Crippen LogP contribution in [-0.4, -0.2) is 23.4 Å². The Bertz CT molecular complexity index is 554. The van der Waals surface area contributed by atoms with E-state index >= 15 is 0 Å². The maximum absolute atomic E-state index is 12.1. The predicted octanol–water partition coefficient (Wildman–Crippen LogP) is 4.44. The van der Waals surface area contributed by atoms with Gasteiger partial charge in [-0.25, -0.2) is 0 Å². The van der Waals surface area contributed by atoms with Crippen molar-refractivity contribution in [2.24, 2.45) is 0 Å². The molecule has 22 heavy (non-hydrogen) atoms.